The molecular formula is C15H11Cl2N5O. The molecule has 0 fully saturated rings. The fraction of sp³-hybridized carbons (Fsp3) is 0. The van der Waals surface area contributed by atoms with Crippen LogP contribution in [0.3, 0.4) is 0 Å². The van der Waals surface area contributed by atoms with Gasteiger partial charge in [-0.05, 0) is 48.5 Å². The Morgan fingerprint density at radius 3 is 2.39 bits per heavy atom. The molecule has 116 valence electrons. The molecule has 0 radical (unpaired) electrons. The van der Waals surface area contributed by atoms with Crippen molar-refractivity contribution in [3.05, 3.63) is 59.1 Å². The van der Waals surface area contributed by atoms with E-state index in [0.717, 1.165) is 16.8 Å². The third kappa shape index (κ3) is 3.61. The SMILES string of the molecule is NC(=NCl)c1ccc(Nc2nnc(-c3ccc(Cl)cc3)o2)cc1. The van der Waals surface area contributed by atoms with Gasteiger partial charge in [-0.1, -0.05) is 16.7 Å². The smallest absolute Gasteiger partial charge is 0.320 e. The Bertz CT molecular complexity index is 828. The highest BCUT2D eigenvalue weighted by molar-refractivity contribution is 6.30. The molecule has 0 aliphatic heterocycles. The van der Waals surface area contributed by atoms with Crippen molar-refractivity contribution in [1.29, 1.82) is 0 Å². The molecule has 0 spiro atoms. The Kier molecular flexibility index (Phi) is 4.45. The summed E-state index contributed by atoms with van der Waals surface area (Å²) in [6.45, 7) is 0. The molecule has 1 heterocycles. The van der Waals surface area contributed by atoms with Gasteiger partial charge in [0.25, 0.3) is 0 Å². The number of amidine groups is 1. The number of anilines is 2. The van der Waals surface area contributed by atoms with Gasteiger partial charge in [0.1, 0.15) is 5.84 Å². The lowest BCUT2D eigenvalue weighted by molar-refractivity contribution is 0.587. The lowest BCUT2D eigenvalue weighted by atomic mass is 10.2. The van der Waals surface area contributed by atoms with Gasteiger partial charge in [0.2, 0.25) is 5.89 Å². The summed E-state index contributed by atoms with van der Waals surface area (Å²) in [4.78, 5) is 0. The average molecular weight is 348 g/mol. The highest BCUT2D eigenvalue weighted by Crippen LogP contribution is 2.23. The average Bonchev–Trinajstić information content (AvgIpc) is 3.04. The summed E-state index contributed by atoms with van der Waals surface area (Å²) in [5.41, 5.74) is 7.90. The summed E-state index contributed by atoms with van der Waals surface area (Å²) in [7, 11) is 0. The van der Waals surface area contributed by atoms with Gasteiger partial charge in [0.05, 0.1) is 0 Å². The van der Waals surface area contributed by atoms with E-state index >= 15 is 0 Å². The van der Waals surface area contributed by atoms with Crippen molar-refractivity contribution < 1.29 is 4.42 Å². The molecule has 0 aliphatic carbocycles. The van der Waals surface area contributed by atoms with Crippen molar-refractivity contribution in [1.82, 2.24) is 10.2 Å². The van der Waals surface area contributed by atoms with Crippen molar-refractivity contribution in [2.24, 2.45) is 10.2 Å². The maximum absolute atomic E-state index is 5.85. The minimum Gasteiger partial charge on any atom is -0.403 e. The highest BCUT2D eigenvalue weighted by atomic mass is 35.5. The molecule has 6 nitrogen and oxygen atoms in total. The molecule has 0 bridgehead atoms. The van der Waals surface area contributed by atoms with Gasteiger partial charge in [-0.25, -0.2) is 0 Å². The first-order valence-corrected chi connectivity index (χ1v) is 7.28. The first-order valence-electron chi connectivity index (χ1n) is 6.57. The number of nitrogens with zero attached hydrogens (tertiary/aromatic N) is 3. The molecule has 0 saturated carbocycles. The van der Waals surface area contributed by atoms with Crippen LogP contribution in [0, 0.1) is 0 Å². The van der Waals surface area contributed by atoms with Gasteiger partial charge < -0.3 is 15.5 Å². The summed E-state index contributed by atoms with van der Waals surface area (Å²) in [5, 5.41) is 11.6. The van der Waals surface area contributed by atoms with E-state index in [1.807, 2.05) is 12.1 Å². The monoisotopic (exact) mass is 347 g/mol. The largest absolute Gasteiger partial charge is 0.403 e. The number of nitrogens with two attached hydrogens (primary N) is 1. The summed E-state index contributed by atoms with van der Waals surface area (Å²) >= 11 is 11.2. The predicted octanol–water partition coefficient (Wildman–Crippen LogP) is 3.99. The fourth-order valence-electron chi connectivity index (χ4n) is 1.88. The van der Waals surface area contributed by atoms with Crippen LogP contribution in [0.5, 0.6) is 0 Å². The molecule has 0 atom stereocenters. The molecular weight excluding hydrogens is 337 g/mol. The number of aromatic nitrogens is 2. The maximum atomic E-state index is 5.85. The molecule has 3 rings (SSSR count). The Labute approximate surface area is 142 Å². The van der Waals surface area contributed by atoms with Crippen LogP contribution < -0.4 is 11.1 Å². The zero-order chi connectivity index (χ0) is 16.2. The molecule has 0 aliphatic rings. The number of rotatable bonds is 4. The first kappa shape index (κ1) is 15.3. The van der Waals surface area contributed by atoms with Crippen LogP contribution in [0.2, 0.25) is 5.02 Å². The Hall–Kier alpha value is -2.57. The lowest BCUT2D eigenvalue weighted by Gasteiger charge is -2.03. The van der Waals surface area contributed by atoms with E-state index in [2.05, 4.69) is 20.0 Å². The molecule has 3 N–H and O–H groups in total. The normalized spacial score (nSPS) is 11.5. The van der Waals surface area contributed by atoms with E-state index in [1.54, 1.807) is 36.4 Å². The zero-order valence-corrected chi connectivity index (χ0v) is 13.2. The second-order valence-corrected chi connectivity index (χ2v) is 5.20. The standard InChI is InChI=1S/C15H11Cl2N5O/c16-11-5-1-10(2-6-11)14-21-22-15(23-14)19-12-7-3-9(4-8-12)13(18)20-17/h1-8H,(H2,18,20)(H,19,22). The Balaban J connectivity index is 1.75. The molecule has 8 heteroatoms. The van der Waals surface area contributed by atoms with Gasteiger partial charge in [0.15, 0.2) is 0 Å². The minimum absolute atomic E-state index is 0.251. The topological polar surface area (TPSA) is 89.3 Å². The number of benzene rings is 2. The van der Waals surface area contributed by atoms with E-state index in [-0.39, 0.29) is 11.9 Å². The molecule has 3 aromatic rings. The molecule has 1 aromatic heterocycles. The summed E-state index contributed by atoms with van der Waals surface area (Å²) in [5.74, 6) is 0.653. The Morgan fingerprint density at radius 1 is 1.04 bits per heavy atom. The van der Waals surface area contributed by atoms with Crippen molar-refractivity contribution >= 4 is 40.9 Å². The molecule has 0 unspecified atom stereocenters. The molecule has 0 saturated heterocycles. The van der Waals surface area contributed by atoms with Crippen LogP contribution in [-0.4, -0.2) is 16.0 Å². The zero-order valence-electron chi connectivity index (χ0n) is 11.7. The van der Waals surface area contributed by atoms with Gasteiger partial charge in [-0.15, -0.1) is 5.10 Å². The van der Waals surface area contributed by atoms with E-state index in [4.69, 9.17) is 33.5 Å². The number of hydrogen-bond acceptors (Lipinski definition) is 5. The van der Waals surface area contributed by atoms with E-state index in [9.17, 15) is 0 Å². The number of nitrogens with one attached hydrogen (secondary N) is 1. The van der Waals surface area contributed by atoms with Gasteiger partial charge in [-0.3, -0.25) is 0 Å². The molecule has 0 amide bonds. The second-order valence-electron chi connectivity index (χ2n) is 4.59. The lowest BCUT2D eigenvalue weighted by Crippen LogP contribution is -2.11. The highest BCUT2D eigenvalue weighted by Gasteiger charge is 2.09. The van der Waals surface area contributed by atoms with Crippen molar-refractivity contribution in [3.8, 4) is 11.5 Å². The summed E-state index contributed by atoms with van der Waals surface area (Å²) < 4.78 is 8.98. The number of halogens is 2. The third-order valence-electron chi connectivity index (χ3n) is 3.04. The number of hydrogen-bond donors (Lipinski definition) is 2. The van der Waals surface area contributed by atoms with Gasteiger partial charge >= 0.3 is 6.01 Å². The van der Waals surface area contributed by atoms with E-state index < -0.39 is 0 Å². The maximum Gasteiger partial charge on any atom is 0.320 e. The minimum atomic E-state index is 0.251. The van der Waals surface area contributed by atoms with Crippen LogP contribution in [0.4, 0.5) is 11.7 Å². The van der Waals surface area contributed by atoms with E-state index in [1.165, 1.54) is 0 Å². The molecule has 2 aromatic carbocycles. The van der Waals surface area contributed by atoms with Crippen LogP contribution in [0.1, 0.15) is 5.56 Å². The predicted molar refractivity (Wildman–Crippen MR) is 91.0 cm³/mol. The van der Waals surface area contributed by atoms with Gasteiger partial charge in [-0.2, -0.15) is 4.51 Å². The Morgan fingerprint density at radius 2 is 1.74 bits per heavy atom. The summed E-state index contributed by atoms with van der Waals surface area (Å²) in [6.07, 6.45) is 0. The van der Waals surface area contributed by atoms with E-state index in [0.29, 0.717) is 10.9 Å². The van der Waals surface area contributed by atoms with Crippen LogP contribution in [0.15, 0.2) is 57.5 Å². The third-order valence-corrected chi connectivity index (χ3v) is 3.47. The second kappa shape index (κ2) is 6.68. The quantitative estimate of drug-likeness (QED) is 0.550. The summed E-state index contributed by atoms with van der Waals surface area (Å²) in [6, 6.07) is 14.6. The van der Waals surface area contributed by atoms with Gasteiger partial charge in [0, 0.05) is 33.6 Å². The first-order chi connectivity index (χ1) is 11.2. The van der Waals surface area contributed by atoms with Crippen molar-refractivity contribution in [2.45, 2.75) is 0 Å². The fourth-order valence-corrected chi connectivity index (χ4v) is 2.10. The van der Waals surface area contributed by atoms with Crippen LogP contribution in [-0.2, 0) is 0 Å². The van der Waals surface area contributed by atoms with Crippen LogP contribution in [0.25, 0.3) is 11.5 Å². The van der Waals surface area contributed by atoms with Crippen molar-refractivity contribution in [2.75, 3.05) is 5.32 Å². The molecule has 23 heavy (non-hydrogen) atoms. The van der Waals surface area contributed by atoms with Crippen LogP contribution >= 0.6 is 23.4 Å². The van der Waals surface area contributed by atoms with Crippen molar-refractivity contribution in [3.63, 3.8) is 0 Å².